The second-order valence-electron chi connectivity index (χ2n) is 3.09. The molecule has 2 nitrogen and oxygen atoms in total. The Labute approximate surface area is 72.3 Å². The monoisotopic (exact) mass is 160 g/mol. The SMILES string of the molecule is CCc1ccc(CC2N=N2)cc1. The van der Waals surface area contributed by atoms with E-state index in [0.717, 1.165) is 12.8 Å². The minimum absolute atomic E-state index is 0.262. The Bertz CT molecular complexity index is 281. The number of rotatable bonds is 3. The normalized spacial score (nSPS) is 15.1. The molecule has 0 fully saturated rings. The molecule has 0 N–H and O–H groups in total. The molecule has 1 aromatic carbocycles. The number of hydrogen-bond acceptors (Lipinski definition) is 2. The molecule has 0 radical (unpaired) electrons. The molecule has 1 aliphatic rings. The molecular weight excluding hydrogens is 148 g/mol. The van der Waals surface area contributed by atoms with E-state index in [1.54, 1.807) is 0 Å². The van der Waals surface area contributed by atoms with Crippen molar-refractivity contribution in [3.63, 3.8) is 0 Å². The Balaban J connectivity index is 2.02. The van der Waals surface area contributed by atoms with E-state index in [4.69, 9.17) is 0 Å². The summed E-state index contributed by atoms with van der Waals surface area (Å²) in [6, 6.07) is 8.69. The highest BCUT2D eigenvalue weighted by atomic mass is 15.4. The second kappa shape index (κ2) is 3.05. The highest BCUT2D eigenvalue weighted by Gasteiger charge is 2.15. The zero-order valence-corrected chi connectivity index (χ0v) is 7.20. The number of nitrogens with zero attached hydrogens (tertiary/aromatic N) is 2. The van der Waals surface area contributed by atoms with Gasteiger partial charge in [-0.15, -0.1) is 0 Å². The highest BCUT2D eigenvalue weighted by Crippen LogP contribution is 2.17. The third-order valence-electron chi connectivity index (χ3n) is 2.13. The van der Waals surface area contributed by atoms with Gasteiger partial charge in [0.1, 0.15) is 0 Å². The van der Waals surface area contributed by atoms with Crippen LogP contribution in [0.4, 0.5) is 0 Å². The van der Waals surface area contributed by atoms with Crippen LogP contribution in [0.1, 0.15) is 18.1 Å². The fourth-order valence-corrected chi connectivity index (χ4v) is 1.25. The number of aryl methyl sites for hydroxylation is 1. The van der Waals surface area contributed by atoms with Crippen LogP contribution in [-0.2, 0) is 12.8 Å². The standard InChI is InChI=1S/C10H12N2/c1-2-8-3-5-9(6-4-8)7-10-11-12-10/h3-6,10H,2,7H2,1H3. The Morgan fingerprint density at radius 2 is 1.67 bits per heavy atom. The highest BCUT2D eigenvalue weighted by molar-refractivity contribution is 5.23. The Hall–Kier alpha value is -1.18. The molecule has 2 heteroatoms. The van der Waals surface area contributed by atoms with Crippen LogP contribution in [0.15, 0.2) is 34.5 Å². The lowest BCUT2D eigenvalue weighted by Crippen LogP contribution is -1.92. The minimum atomic E-state index is 0.262. The van der Waals surface area contributed by atoms with E-state index in [2.05, 4.69) is 41.4 Å². The first-order chi connectivity index (χ1) is 5.88. The van der Waals surface area contributed by atoms with Crippen LogP contribution < -0.4 is 0 Å². The third-order valence-corrected chi connectivity index (χ3v) is 2.13. The topological polar surface area (TPSA) is 24.7 Å². The molecule has 1 aliphatic heterocycles. The molecule has 0 aromatic heterocycles. The summed E-state index contributed by atoms with van der Waals surface area (Å²) in [6.07, 6.45) is 2.35. The maximum absolute atomic E-state index is 3.87. The van der Waals surface area contributed by atoms with Gasteiger partial charge >= 0.3 is 0 Å². The molecule has 0 unspecified atom stereocenters. The van der Waals surface area contributed by atoms with Crippen molar-refractivity contribution in [2.24, 2.45) is 10.2 Å². The predicted octanol–water partition coefficient (Wildman–Crippen LogP) is 2.58. The summed E-state index contributed by atoms with van der Waals surface area (Å²) in [7, 11) is 0. The molecule has 0 saturated heterocycles. The lowest BCUT2D eigenvalue weighted by Gasteiger charge is -1.99. The lowest BCUT2D eigenvalue weighted by atomic mass is 10.1. The van der Waals surface area contributed by atoms with Gasteiger partial charge in [-0.25, -0.2) is 0 Å². The van der Waals surface area contributed by atoms with Crippen LogP contribution in [0.2, 0.25) is 0 Å². The lowest BCUT2D eigenvalue weighted by molar-refractivity contribution is 0.904. The molecule has 0 amide bonds. The minimum Gasteiger partial charge on any atom is -0.162 e. The van der Waals surface area contributed by atoms with E-state index in [9.17, 15) is 0 Å². The van der Waals surface area contributed by atoms with Crippen molar-refractivity contribution in [2.75, 3.05) is 0 Å². The number of hydrogen-bond donors (Lipinski definition) is 0. The first kappa shape index (κ1) is 7.47. The number of benzene rings is 1. The van der Waals surface area contributed by atoms with Gasteiger partial charge < -0.3 is 0 Å². The zero-order chi connectivity index (χ0) is 8.39. The van der Waals surface area contributed by atoms with Crippen molar-refractivity contribution in [2.45, 2.75) is 25.9 Å². The molecule has 0 spiro atoms. The summed E-state index contributed by atoms with van der Waals surface area (Å²) in [6.45, 7) is 2.17. The van der Waals surface area contributed by atoms with Gasteiger partial charge in [0.2, 0.25) is 0 Å². The Kier molecular flexibility index (Phi) is 1.90. The van der Waals surface area contributed by atoms with Crippen LogP contribution in [-0.4, -0.2) is 6.17 Å². The van der Waals surface area contributed by atoms with Crippen molar-refractivity contribution in [1.82, 2.24) is 0 Å². The van der Waals surface area contributed by atoms with E-state index >= 15 is 0 Å². The van der Waals surface area contributed by atoms with Crippen LogP contribution >= 0.6 is 0 Å². The fourth-order valence-electron chi connectivity index (χ4n) is 1.25. The smallest absolute Gasteiger partial charge is 0.162 e. The van der Waals surface area contributed by atoms with E-state index in [1.165, 1.54) is 11.1 Å². The largest absolute Gasteiger partial charge is 0.185 e. The molecule has 12 heavy (non-hydrogen) atoms. The van der Waals surface area contributed by atoms with E-state index < -0.39 is 0 Å². The predicted molar refractivity (Wildman–Crippen MR) is 48.2 cm³/mol. The van der Waals surface area contributed by atoms with E-state index in [-0.39, 0.29) is 6.17 Å². The van der Waals surface area contributed by atoms with Gasteiger partial charge in [-0.1, -0.05) is 31.2 Å². The summed E-state index contributed by atoms with van der Waals surface area (Å²) in [4.78, 5) is 0. The summed E-state index contributed by atoms with van der Waals surface area (Å²) >= 11 is 0. The average Bonchev–Trinajstić information content (AvgIpc) is 2.90. The molecule has 1 heterocycles. The van der Waals surface area contributed by atoms with Gasteiger partial charge in [-0.3, -0.25) is 0 Å². The van der Waals surface area contributed by atoms with Crippen LogP contribution in [0.25, 0.3) is 0 Å². The maximum atomic E-state index is 3.87. The second-order valence-corrected chi connectivity index (χ2v) is 3.09. The first-order valence-corrected chi connectivity index (χ1v) is 4.36. The van der Waals surface area contributed by atoms with Crippen molar-refractivity contribution in [3.05, 3.63) is 35.4 Å². The average molecular weight is 160 g/mol. The first-order valence-electron chi connectivity index (χ1n) is 4.36. The van der Waals surface area contributed by atoms with Gasteiger partial charge in [0.15, 0.2) is 6.17 Å². The van der Waals surface area contributed by atoms with Crippen LogP contribution in [0, 0.1) is 0 Å². The van der Waals surface area contributed by atoms with Crippen LogP contribution in [0.3, 0.4) is 0 Å². The van der Waals surface area contributed by atoms with Crippen molar-refractivity contribution < 1.29 is 0 Å². The zero-order valence-electron chi connectivity index (χ0n) is 7.20. The summed E-state index contributed by atoms with van der Waals surface area (Å²) in [5, 5.41) is 7.73. The maximum Gasteiger partial charge on any atom is 0.185 e. The quantitative estimate of drug-likeness (QED) is 0.649. The van der Waals surface area contributed by atoms with Gasteiger partial charge in [-0.05, 0) is 17.5 Å². The fraction of sp³-hybridized carbons (Fsp3) is 0.400. The van der Waals surface area contributed by atoms with Gasteiger partial charge in [0.25, 0.3) is 0 Å². The third kappa shape index (κ3) is 1.70. The molecule has 0 atom stereocenters. The molecule has 0 aliphatic carbocycles. The van der Waals surface area contributed by atoms with Gasteiger partial charge in [-0.2, -0.15) is 10.2 Å². The molecule has 0 saturated carbocycles. The van der Waals surface area contributed by atoms with Gasteiger partial charge in [0, 0.05) is 6.42 Å². The van der Waals surface area contributed by atoms with Crippen molar-refractivity contribution in [3.8, 4) is 0 Å². The Morgan fingerprint density at radius 3 is 2.17 bits per heavy atom. The summed E-state index contributed by atoms with van der Waals surface area (Å²) in [5.41, 5.74) is 2.73. The molecule has 0 bridgehead atoms. The van der Waals surface area contributed by atoms with E-state index in [1.807, 2.05) is 0 Å². The Morgan fingerprint density at radius 1 is 1.08 bits per heavy atom. The van der Waals surface area contributed by atoms with Gasteiger partial charge in [0.05, 0.1) is 0 Å². The molecule has 1 aromatic rings. The van der Waals surface area contributed by atoms with Crippen molar-refractivity contribution >= 4 is 0 Å². The van der Waals surface area contributed by atoms with E-state index in [0.29, 0.717) is 0 Å². The van der Waals surface area contributed by atoms with Crippen molar-refractivity contribution in [1.29, 1.82) is 0 Å². The van der Waals surface area contributed by atoms with Crippen LogP contribution in [0.5, 0.6) is 0 Å². The molecular formula is C10H12N2. The summed E-state index contributed by atoms with van der Waals surface area (Å²) < 4.78 is 0. The summed E-state index contributed by atoms with van der Waals surface area (Å²) in [5.74, 6) is 0. The molecule has 2 rings (SSSR count). The molecule has 62 valence electrons.